The lowest BCUT2D eigenvalue weighted by atomic mass is 9.85. The number of phenols is 2. The topological polar surface area (TPSA) is 99.5 Å². The highest BCUT2D eigenvalue weighted by atomic mass is 32.1. The summed E-state index contributed by atoms with van der Waals surface area (Å²) in [6, 6.07) is 26.1. The molecule has 4 fully saturated rings. The third-order valence-corrected chi connectivity index (χ3v) is 17.6. The van der Waals surface area contributed by atoms with Gasteiger partial charge in [0.05, 0.1) is 13.2 Å². The van der Waals surface area contributed by atoms with Gasteiger partial charge in [-0.25, -0.2) is 0 Å². The van der Waals surface area contributed by atoms with Gasteiger partial charge in [-0.1, -0.05) is 57.8 Å². The van der Waals surface area contributed by atoms with Gasteiger partial charge in [0.2, 0.25) is 0 Å². The van der Waals surface area contributed by atoms with E-state index in [1.807, 2.05) is 60.7 Å². The van der Waals surface area contributed by atoms with Crippen LogP contribution >= 0.6 is 22.7 Å². The molecule has 2 N–H and O–H groups in total. The summed E-state index contributed by atoms with van der Waals surface area (Å²) in [5.41, 5.74) is 3.07. The van der Waals surface area contributed by atoms with Crippen molar-refractivity contribution in [2.24, 2.45) is 0 Å². The molecule has 2 aromatic heterocycles. The Bertz CT molecular complexity index is 2590. The van der Waals surface area contributed by atoms with Gasteiger partial charge in [0.1, 0.15) is 23.0 Å². The van der Waals surface area contributed by atoms with Crippen LogP contribution in [0, 0.1) is 0 Å². The fourth-order valence-electron chi connectivity index (χ4n) is 11.2. The number of piperidine rings is 1. The first-order valence-corrected chi connectivity index (χ1v) is 28.0. The van der Waals surface area contributed by atoms with Crippen LogP contribution in [-0.2, 0) is 0 Å². The molecule has 0 bridgehead atoms. The molecule has 2 saturated carbocycles. The van der Waals surface area contributed by atoms with Gasteiger partial charge in [-0.15, -0.1) is 22.7 Å². The summed E-state index contributed by atoms with van der Waals surface area (Å²) in [4.78, 5) is 34.9. The van der Waals surface area contributed by atoms with E-state index in [9.17, 15) is 19.8 Å². The van der Waals surface area contributed by atoms with Crippen LogP contribution in [0.3, 0.4) is 0 Å². The third kappa shape index (κ3) is 12.8. The van der Waals surface area contributed by atoms with Crippen LogP contribution in [0.1, 0.15) is 175 Å². The average molecular weight is 969 g/mol. The molecule has 0 atom stereocenters. The number of ketones is 2. The lowest BCUT2D eigenvalue weighted by Crippen LogP contribution is -2.31. The number of carbonyl (C=O) groups excluding carboxylic acids is 2. The van der Waals surface area contributed by atoms with Crippen LogP contribution in [0.15, 0.2) is 84.9 Å². The van der Waals surface area contributed by atoms with Crippen LogP contribution in [0.4, 0.5) is 0 Å². The van der Waals surface area contributed by atoms with Crippen molar-refractivity contribution in [2.75, 3.05) is 52.5 Å². The highest BCUT2D eigenvalue weighted by Gasteiger charge is 2.29. The molecule has 0 radical (unpaired) electrons. The van der Waals surface area contributed by atoms with E-state index >= 15 is 0 Å². The Hall–Kier alpha value is -4.74. The number of benzene rings is 4. The van der Waals surface area contributed by atoms with E-state index in [4.69, 9.17) is 9.47 Å². The molecule has 366 valence electrons. The van der Waals surface area contributed by atoms with Gasteiger partial charge in [0, 0.05) is 65.3 Å². The van der Waals surface area contributed by atoms with Crippen molar-refractivity contribution in [3.8, 4) is 23.0 Å². The fourth-order valence-corrected chi connectivity index (χ4v) is 14.0. The number of phenolic OH excluding ortho intramolecular Hbond substituents is 2. The van der Waals surface area contributed by atoms with E-state index in [0.29, 0.717) is 36.2 Å². The molecule has 2 aliphatic carbocycles. The first kappa shape index (κ1) is 49.2. The largest absolute Gasteiger partial charge is 0.508 e. The molecular weight excluding hydrogens is 897 g/mol. The minimum Gasteiger partial charge on any atom is -0.508 e. The Labute approximate surface area is 417 Å². The predicted molar refractivity (Wildman–Crippen MR) is 284 cm³/mol. The van der Waals surface area contributed by atoms with Crippen molar-refractivity contribution in [3.63, 3.8) is 0 Å². The number of aromatic hydroxyl groups is 2. The lowest BCUT2D eigenvalue weighted by molar-refractivity contribution is 0.103. The Balaban J connectivity index is 0.000000172. The normalized spacial score (nSPS) is 17.9. The molecule has 4 aliphatic rings. The van der Waals surface area contributed by atoms with E-state index in [1.54, 1.807) is 46.9 Å². The molecular formula is C59H72N2O6S2. The quantitative estimate of drug-likeness (QED) is 0.0731. The summed E-state index contributed by atoms with van der Waals surface area (Å²) in [6.45, 7) is 8.48. The number of carbonyl (C=O) groups is 2. The first-order valence-electron chi connectivity index (χ1n) is 26.4. The van der Waals surface area contributed by atoms with Crippen molar-refractivity contribution in [2.45, 2.75) is 134 Å². The molecule has 10 rings (SSSR count). The van der Waals surface area contributed by atoms with Crippen molar-refractivity contribution in [1.82, 2.24) is 9.80 Å². The minimum atomic E-state index is 0.0779. The molecule has 0 amide bonds. The SMILES string of the molecule is O=C(c1ccc(OCCCN2CCCCC2)cc1)c1c(C2CCCCC2)sc2cc(O)ccc12.O=C(c1ccc(OCCCN2CCCCCC2)cc1)c1c(C2CCCCC2)sc2cc(O)ccc12. The van der Waals surface area contributed by atoms with Gasteiger partial charge in [-0.2, -0.15) is 0 Å². The number of nitrogens with zero attached hydrogens (tertiary/aromatic N) is 2. The maximum Gasteiger partial charge on any atom is 0.194 e. The zero-order chi connectivity index (χ0) is 47.4. The number of fused-ring (bicyclic) bond motifs is 2. The number of hydrogen-bond acceptors (Lipinski definition) is 10. The molecule has 0 unspecified atom stereocenters. The van der Waals surface area contributed by atoms with Crippen LogP contribution in [-0.4, -0.2) is 84.1 Å². The zero-order valence-electron chi connectivity index (χ0n) is 40.6. The number of rotatable bonds is 16. The molecule has 8 nitrogen and oxygen atoms in total. The summed E-state index contributed by atoms with van der Waals surface area (Å²) in [5.74, 6) is 3.19. The van der Waals surface area contributed by atoms with Crippen molar-refractivity contribution in [3.05, 3.63) is 117 Å². The molecule has 69 heavy (non-hydrogen) atoms. The summed E-state index contributed by atoms with van der Waals surface area (Å²) in [6.07, 6.45) is 23.5. The van der Waals surface area contributed by atoms with E-state index < -0.39 is 0 Å². The Morgan fingerprint density at radius 2 is 0.841 bits per heavy atom. The van der Waals surface area contributed by atoms with Crippen molar-refractivity contribution < 1.29 is 29.3 Å². The highest BCUT2D eigenvalue weighted by molar-refractivity contribution is 7.20. The Kier molecular flexibility index (Phi) is 17.4. The van der Waals surface area contributed by atoms with Gasteiger partial charge in [0.15, 0.2) is 11.6 Å². The second-order valence-corrected chi connectivity index (χ2v) is 22.2. The lowest BCUT2D eigenvalue weighted by Gasteiger charge is -2.26. The summed E-state index contributed by atoms with van der Waals surface area (Å²) in [5, 5.41) is 21.9. The zero-order valence-corrected chi connectivity index (χ0v) is 42.2. The van der Waals surface area contributed by atoms with Crippen molar-refractivity contribution in [1.29, 1.82) is 0 Å². The Morgan fingerprint density at radius 1 is 0.478 bits per heavy atom. The van der Waals surface area contributed by atoms with E-state index in [1.165, 1.54) is 119 Å². The third-order valence-electron chi connectivity index (χ3n) is 15.0. The highest BCUT2D eigenvalue weighted by Crippen LogP contribution is 2.45. The maximum absolute atomic E-state index is 13.7. The number of thiophene rings is 2. The molecule has 2 saturated heterocycles. The first-order chi connectivity index (χ1) is 33.9. The molecule has 6 aromatic rings. The van der Waals surface area contributed by atoms with E-state index in [-0.39, 0.29) is 23.1 Å². The van der Waals surface area contributed by atoms with Gasteiger partial charge < -0.3 is 29.5 Å². The summed E-state index contributed by atoms with van der Waals surface area (Å²) >= 11 is 3.37. The Morgan fingerprint density at radius 3 is 1.23 bits per heavy atom. The second kappa shape index (κ2) is 24.4. The van der Waals surface area contributed by atoms with Crippen LogP contribution in [0.25, 0.3) is 20.2 Å². The fraction of sp³-hybridized carbons (Fsp3) is 0.492. The van der Waals surface area contributed by atoms with E-state index in [0.717, 1.165) is 94.4 Å². The standard InChI is InChI=1S/C30H37NO3S.C29H35NO3S/c32-24-13-16-26-27(21-24)35-30(23-9-4-3-5-10-23)28(26)29(33)22-11-14-25(15-12-22)34-20-8-19-31-17-6-1-2-7-18-31;31-23-12-15-25-26(20-23)34-29(22-8-3-1-4-9-22)27(25)28(32)21-10-13-24(14-11-21)33-19-7-18-30-16-5-2-6-17-30/h11-16,21,23,32H,1-10,17-20H2;10-15,20,22,31H,1-9,16-19H2. The smallest absolute Gasteiger partial charge is 0.194 e. The molecule has 2 aliphatic heterocycles. The van der Waals surface area contributed by atoms with Crippen LogP contribution in [0.2, 0.25) is 0 Å². The molecule has 4 aromatic carbocycles. The number of ether oxygens (including phenoxy) is 2. The van der Waals surface area contributed by atoms with Gasteiger partial charge in [-0.3, -0.25) is 9.59 Å². The van der Waals surface area contributed by atoms with Crippen LogP contribution < -0.4 is 9.47 Å². The van der Waals surface area contributed by atoms with Gasteiger partial charge >= 0.3 is 0 Å². The molecule has 0 spiro atoms. The summed E-state index contributed by atoms with van der Waals surface area (Å²) < 4.78 is 13.9. The monoisotopic (exact) mass is 968 g/mol. The predicted octanol–water partition coefficient (Wildman–Crippen LogP) is 14.7. The van der Waals surface area contributed by atoms with Crippen molar-refractivity contribution >= 4 is 54.4 Å². The summed E-state index contributed by atoms with van der Waals surface area (Å²) in [7, 11) is 0. The van der Waals surface area contributed by atoms with Crippen LogP contribution in [0.5, 0.6) is 23.0 Å². The second-order valence-electron chi connectivity index (χ2n) is 20.0. The molecule has 4 heterocycles. The van der Waals surface area contributed by atoms with E-state index in [2.05, 4.69) is 9.80 Å². The minimum absolute atomic E-state index is 0.0779. The maximum atomic E-state index is 13.7. The molecule has 10 heteroatoms. The van der Waals surface area contributed by atoms with Gasteiger partial charge in [0.25, 0.3) is 0 Å². The number of likely N-dealkylation sites (tertiary alicyclic amines) is 2. The number of hydrogen-bond donors (Lipinski definition) is 2. The van der Waals surface area contributed by atoms with Gasteiger partial charge in [-0.05, 0) is 187 Å². The average Bonchev–Trinajstić information content (AvgIpc) is 3.85.